The van der Waals surface area contributed by atoms with Crippen LogP contribution in [0.25, 0.3) is 10.2 Å². The van der Waals surface area contributed by atoms with Crippen molar-refractivity contribution in [2.45, 2.75) is 20.4 Å². The molecule has 2 rings (SSSR count). The molecule has 6 nitrogen and oxygen atoms in total. The SMILES string of the molecule is CCOC(=O)c1sc2nc(CN(C)C)[nH]c(=O)c2c1C. The molecule has 0 aliphatic rings. The molecule has 0 bridgehead atoms. The molecule has 0 radical (unpaired) electrons. The Balaban J connectivity index is 2.56. The summed E-state index contributed by atoms with van der Waals surface area (Å²) in [5, 5.41) is 0.473. The van der Waals surface area contributed by atoms with Crippen LogP contribution in [0.4, 0.5) is 0 Å². The fourth-order valence-electron chi connectivity index (χ4n) is 1.95. The van der Waals surface area contributed by atoms with Crippen LogP contribution in [0.2, 0.25) is 0 Å². The van der Waals surface area contributed by atoms with Crippen molar-refractivity contribution in [3.8, 4) is 0 Å². The first-order valence-corrected chi connectivity index (χ1v) is 7.09. The average molecular weight is 295 g/mol. The fourth-order valence-corrected chi connectivity index (χ4v) is 3.05. The lowest BCUT2D eigenvalue weighted by atomic mass is 10.2. The fraction of sp³-hybridized carbons (Fsp3) is 0.462. The highest BCUT2D eigenvalue weighted by Crippen LogP contribution is 2.27. The Morgan fingerprint density at radius 1 is 1.45 bits per heavy atom. The zero-order valence-electron chi connectivity index (χ0n) is 11.9. The third kappa shape index (κ3) is 2.73. The lowest BCUT2D eigenvalue weighted by Gasteiger charge is -2.07. The number of ether oxygens (including phenoxy) is 1. The van der Waals surface area contributed by atoms with Crippen LogP contribution in [-0.4, -0.2) is 41.5 Å². The summed E-state index contributed by atoms with van der Waals surface area (Å²) in [5.41, 5.74) is 0.421. The van der Waals surface area contributed by atoms with E-state index >= 15 is 0 Å². The summed E-state index contributed by atoms with van der Waals surface area (Å²) in [7, 11) is 3.79. The molecular weight excluding hydrogens is 278 g/mol. The molecule has 1 N–H and O–H groups in total. The molecule has 0 fully saturated rings. The van der Waals surface area contributed by atoms with E-state index in [9.17, 15) is 9.59 Å². The monoisotopic (exact) mass is 295 g/mol. The summed E-state index contributed by atoms with van der Waals surface area (Å²) < 4.78 is 5.00. The number of aromatic amines is 1. The number of H-pyrrole nitrogens is 1. The molecule has 7 heteroatoms. The van der Waals surface area contributed by atoms with Crippen LogP contribution < -0.4 is 5.56 Å². The Morgan fingerprint density at radius 3 is 2.75 bits per heavy atom. The topological polar surface area (TPSA) is 75.3 Å². The first kappa shape index (κ1) is 14.7. The zero-order valence-corrected chi connectivity index (χ0v) is 12.8. The molecule has 0 saturated heterocycles. The number of aromatic nitrogens is 2. The number of thiophene rings is 1. The number of carbonyl (C=O) groups is 1. The van der Waals surface area contributed by atoms with Crippen LogP contribution in [0, 0.1) is 6.92 Å². The number of rotatable bonds is 4. The first-order valence-electron chi connectivity index (χ1n) is 6.28. The highest BCUT2D eigenvalue weighted by atomic mass is 32.1. The van der Waals surface area contributed by atoms with Gasteiger partial charge in [-0.3, -0.25) is 4.79 Å². The minimum absolute atomic E-state index is 0.212. The predicted molar refractivity (Wildman–Crippen MR) is 78.3 cm³/mol. The maximum absolute atomic E-state index is 12.1. The van der Waals surface area contributed by atoms with Crippen molar-refractivity contribution in [1.29, 1.82) is 0 Å². The Hall–Kier alpha value is -1.73. The quantitative estimate of drug-likeness (QED) is 0.866. The normalized spacial score (nSPS) is 11.2. The molecule has 2 heterocycles. The second-order valence-electron chi connectivity index (χ2n) is 4.71. The van der Waals surface area contributed by atoms with Gasteiger partial charge in [-0.15, -0.1) is 11.3 Å². The molecule has 0 aliphatic carbocycles. The van der Waals surface area contributed by atoms with E-state index in [1.165, 1.54) is 11.3 Å². The van der Waals surface area contributed by atoms with E-state index in [-0.39, 0.29) is 5.56 Å². The summed E-state index contributed by atoms with van der Waals surface area (Å²) in [6.45, 7) is 4.34. The summed E-state index contributed by atoms with van der Waals surface area (Å²) >= 11 is 1.20. The molecule has 108 valence electrons. The van der Waals surface area contributed by atoms with Gasteiger partial charge in [-0.1, -0.05) is 0 Å². The van der Waals surface area contributed by atoms with Gasteiger partial charge in [0.05, 0.1) is 18.5 Å². The number of hydrogen-bond acceptors (Lipinski definition) is 6. The maximum Gasteiger partial charge on any atom is 0.348 e. The lowest BCUT2D eigenvalue weighted by molar-refractivity contribution is 0.0531. The number of nitrogens with one attached hydrogen (secondary N) is 1. The number of carbonyl (C=O) groups excluding carboxylic acids is 1. The van der Waals surface area contributed by atoms with Gasteiger partial charge in [-0.2, -0.15) is 0 Å². The van der Waals surface area contributed by atoms with Crippen molar-refractivity contribution in [3.63, 3.8) is 0 Å². The molecular formula is C13H17N3O3S. The van der Waals surface area contributed by atoms with Crippen molar-refractivity contribution in [1.82, 2.24) is 14.9 Å². The molecule has 2 aromatic heterocycles. The minimum atomic E-state index is -0.401. The van der Waals surface area contributed by atoms with Crippen LogP contribution in [-0.2, 0) is 11.3 Å². The number of nitrogens with zero attached hydrogens (tertiary/aromatic N) is 2. The molecule has 0 atom stereocenters. The third-order valence-corrected chi connectivity index (χ3v) is 3.94. The maximum atomic E-state index is 12.1. The van der Waals surface area contributed by atoms with Gasteiger partial charge in [0, 0.05) is 0 Å². The highest BCUT2D eigenvalue weighted by molar-refractivity contribution is 7.20. The van der Waals surface area contributed by atoms with Gasteiger partial charge in [0.25, 0.3) is 5.56 Å². The van der Waals surface area contributed by atoms with E-state index < -0.39 is 5.97 Å². The summed E-state index contributed by atoms with van der Waals surface area (Å²) in [4.78, 5) is 34.1. The Morgan fingerprint density at radius 2 is 2.15 bits per heavy atom. The lowest BCUT2D eigenvalue weighted by Crippen LogP contribution is -2.18. The molecule has 0 amide bonds. The van der Waals surface area contributed by atoms with Crippen LogP contribution in [0.3, 0.4) is 0 Å². The second kappa shape index (κ2) is 5.72. The smallest absolute Gasteiger partial charge is 0.348 e. The van der Waals surface area contributed by atoms with E-state index in [1.807, 2.05) is 19.0 Å². The largest absolute Gasteiger partial charge is 0.462 e. The van der Waals surface area contributed by atoms with Crippen LogP contribution in [0.5, 0.6) is 0 Å². The predicted octanol–water partition coefficient (Wildman–Crippen LogP) is 1.53. The van der Waals surface area contributed by atoms with Crippen molar-refractivity contribution in [3.05, 3.63) is 26.6 Å². The summed E-state index contributed by atoms with van der Waals surface area (Å²) in [5.74, 6) is 0.186. The van der Waals surface area contributed by atoms with E-state index in [4.69, 9.17) is 4.74 Å². The second-order valence-corrected chi connectivity index (χ2v) is 5.71. The Labute approximate surface area is 120 Å². The van der Waals surface area contributed by atoms with Gasteiger partial charge in [0.2, 0.25) is 0 Å². The van der Waals surface area contributed by atoms with Gasteiger partial charge in [0.15, 0.2) is 0 Å². The van der Waals surface area contributed by atoms with E-state index in [0.717, 1.165) is 0 Å². The molecule has 0 saturated carbocycles. The molecule has 20 heavy (non-hydrogen) atoms. The van der Waals surface area contributed by atoms with Gasteiger partial charge < -0.3 is 14.6 Å². The summed E-state index contributed by atoms with van der Waals surface area (Å²) in [6, 6.07) is 0. The molecule has 0 unspecified atom stereocenters. The van der Waals surface area contributed by atoms with Gasteiger partial charge in [0.1, 0.15) is 15.5 Å². The molecule has 0 spiro atoms. The Bertz CT molecular complexity index is 703. The van der Waals surface area contributed by atoms with E-state index in [1.54, 1.807) is 13.8 Å². The highest BCUT2D eigenvalue weighted by Gasteiger charge is 2.20. The van der Waals surface area contributed by atoms with Gasteiger partial charge in [-0.05, 0) is 33.5 Å². The zero-order chi connectivity index (χ0) is 14.9. The minimum Gasteiger partial charge on any atom is -0.462 e. The first-order chi connectivity index (χ1) is 9.43. The number of aryl methyl sites for hydroxylation is 1. The summed E-state index contributed by atoms with van der Waals surface area (Å²) in [6.07, 6.45) is 0. The van der Waals surface area contributed by atoms with Crippen LogP contribution in [0.15, 0.2) is 4.79 Å². The average Bonchev–Trinajstić information content (AvgIpc) is 2.66. The molecule has 0 aliphatic heterocycles. The van der Waals surface area contributed by atoms with E-state index in [2.05, 4.69) is 9.97 Å². The van der Waals surface area contributed by atoms with Crippen LogP contribution in [0.1, 0.15) is 28.0 Å². The number of hydrogen-bond donors (Lipinski definition) is 1. The van der Waals surface area contributed by atoms with Gasteiger partial charge in [-0.25, -0.2) is 9.78 Å². The van der Waals surface area contributed by atoms with Crippen molar-refractivity contribution in [2.75, 3.05) is 20.7 Å². The van der Waals surface area contributed by atoms with Crippen LogP contribution >= 0.6 is 11.3 Å². The van der Waals surface area contributed by atoms with Crippen molar-refractivity contribution in [2.24, 2.45) is 0 Å². The van der Waals surface area contributed by atoms with E-state index in [0.29, 0.717) is 39.6 Å². The Kier molecular flexibility index (Phi) is 4.20. The van der Waals surface area contributed by atoms with Crippen molar-refractivity contribution >= 4 is 27.5 Å². The third-order valence-electron chi connectivity index (χ3n) is 2.78. The molecule has 0 aromatic carbocycles. The number of fused-ring (bicyclic) bond motifs is 1. The van der Waals surface area contributed by atoms with Gasteiger partial charge >= 0.3 is 5.97 Å². The number of esters is 1. The molecule has 2 aromatic rings. The van der Waals surface area contributed by atoms with Crippen molar-refractivity contribution < 1.29 is 9.53 Å². The standard InChI is InChI=1S/C13H17N3O3S/c1-5-19-13(18)10-7(2)9-11(17)14-8(6-16(3)4)15-12(9)20-10/h5-6H2,1-4H3,(H,14,15,17).